The van der Waals surface area contributed by atoms with Gasteiger partial charge in [-0.3, -0.25) is 19.9 Å². The molecule has 2 heterocycles. The van der Waals surface area contributed by atoms with E-state index in [2.05, 4.69) is 27.6 Å². The predicted octanol–water partition coefficient (Wildman–Crippen LogP) is 5.16. The average Bonchev–Trinajstić information content (AvgIpc) is 3.55. The van der Waals surface area contributed by atoms with E-state index in [0.717, 1.165) is 50.6 Å². The molecule has 2 amide bonds. The molecule has 186 valence electrons. The molecule has 34 heavy (non-hydrogen) atoms. The number of carbonyl (C=O) groups is 2. The van der Waals surface area contributed by atoms with Gasteiger partial charge in [-0.15, -0.1) is 0 Å². The van der Waals surface area contributed by atoms with Gasteiger partial charge in [0.2, 0.25) is 11.8 Å². The number of benzene rings is 1. The van der Waals surface area contributed by atoms with Crippen LogP contribution in [0.4, 0.5) is 4.39 Å². The highest BCUT2D eigenvalue weighted by Crippen LogP contribution is 2.32. The summed E-state index contributed by atoms with van der Waals surface area (Å²) in [5.74, 6) is 0.598. The predicted molar refractivity (Wildman–Crippen MR) is 127 cm³/mol. The van der Waals surface area contributed by atoms with Crippen molar-refractivity contribution in [3.05, 3.63) is 29.6 Å². The summed E-state index contributed by atoms with van der Waals surface area (Å²) in [6.45, 7) is 4.22. The Hall–Kier alpha value is -2.51. The van der Waals surface area contributed by atoms with Crippen LogP contribution in [0.5, 0.6) is 5.75 Å². The van der Waals surface area contributed by atoms with Crippen LogP contribution in [0, 0.1) is 17.7 Å². The van der Waals surface area contributed by atoms with E-state index in [1.165, 1.54) is 18.9 Å². The highest BCUT2D eigenvalue weighted by molar-refractivity contribution is 5.98. The summed E-state index contributed by atoms with van der Waals surface area (Å²) in [4.78, 5) is 23.2. The summed E-state index contributed by atoms with van der Waals surface area (Å²) in [6.07, 6.45) is 9.38. The van der Waals surface area contributed by atoms with Gasteiger partial charge in [0.1, 0.15) is 0 Å². The number of nitrogens with one attached hydrogen (secondary N) is 1. The van der Waals surface area contributed by atoms with Gasteiger partial charge in [-0.25, -0.2) is 4.39 Å². The summed E-state index contributed by atoms with van der Waals surface area (Å²) in [5, 5.41) is 13.2. The topological polar surface area (TPSA) is 83.4 Å². The maximum Gasteiger partial charge on any atom is 0.229 e. The lowest BCUT2D eigenvalue weighted by Crippen LogP contribution is -2.40. The lowest BCUT2D eigenvalue weighted by atomic mass is 9.92. The molecule has 0 aromatic heterocycles. The van der Waals surface area contributed by atoms with Crippen molar-refractivity contribution in [3.63, 3.8) is 0 Å². The van der Waals surface area contributed by atoms with Crippen LogP contribution in [0.1, 0.15) is 82.6 Å². The molecule has 2 fully saturated rings. The van der Waals surface area contributed by atoms with E-state index >= 15 is 0 Å². The normalized spacial score (nSPS) is 23.3. The van der Waals surface area contributed by atoms with Crippen molar-refractivity contribution in [2.75, 3.05) is 19.7 Å². The summed E-state index contributed by atoms with van der Waals surface area (Å²) in [6, 6.07) is 5.54. The fourth-order valence-electron chi connectivity index (χ4n) is 4.84. The number of halogens is 1. The van der Waals surface area contributed by atoms with Gasteiger partial charge < -0.3 is 4.74 Å². The lowest BCUT2D eigenvalue weighted by Gasteiger charge is -2.27. The van der Waals surface area contributed by atoms with Crippen LogP contribution in [-0.4, -0.2) is 42.6 Å². The zero-order valence-corrected chi connectivity index (χ0v) is 20.2. The van der Waals surface area contributed by atoms with Crippen molar-refractivity contribution in [1.29, 1.82) is 0 Å². The number of hydrogen-bond donors (Lipinski definition) is 1. The number of unbranched alkanes of at least 4 members (excludes halogenated alkanes) is 2. The van der Waals surface area contributed by atoms with Crippen LogP contribution >= 0.6 is 0 Å². The van der Waals surface area contributed by atoms with Crippen LogP contribution in [0.2, 0.25) is 0 Å². The number of imide groups is 1. The van der Waals surface area contributed by atoms with Crippen molar-refractivity contribution >= 4 is 11.8 Å². The Morgan fingerprint density at radius 2 is 2.00 bits per heavy atom. The number of carbonyl (C=O) groups excluding carboxylic acids is 2. The maximum atomic E-state index is 14.2. The average molecular weight is 473 g/mol. The fourth-order valence-corrected chi connectivity index (χ4v) is 4.84. The third-order valence-corrected chi connectivity index (χ3v) is 7.33. The molecule has 3 atom stereocenters. The van der Waals surface area contributed by atoms with Gasteiger partial charge >= 0.3 is 0 Å². The van der Waals surface area contributed by atoms with E-state index < -0.39 is 0 Å². The highest BCUT2D eigenvalue weighted by atomic mass is 19.1. The van der Waals surface area contributed by atoms with E-state index in [0.29, 0.717) is 37.7 Å². The molecule has 0 spiro atoms. The van der Waals surface area contributed by atoms with Crippen LogP contribution in [0.3, 0.4) is 0 Å². The van der Waals surface area contributed by atoms with Gasteiger partial charge in [-0.05, 0) is 62.1 Å². The quantitative estimate of drug-likeness (QED) is 0.317. The minimum Gasteiger partial charge on any atom is -0.490 e. The zero-order chi connectivity index (χ0) is 23.9. The Balaban J connectivity index is 1.22. The minimum atomic E-state index is -0.296. The molecule has 0 radical (unpaired) electrons. The van der Waals surface area contributed by atoms with E-state index in [9.17, 15) is 14.0 Å². The molecule has 3 aliphatic rings. The van der Waals surface area contributed by atoms with E-state index in [-0.39, 0.29) is 35.5 Å². The Morgan fingerprint density at radius 3 is 2.76 bits per heavy atom. The van der Waals surface area contributed by atoms with Crippen molar-refractivity contribution in [2.45, 2.75) is 83.1 Å². The van der Waals surface area contributed by atoms with Crippen LogP contribution in [0.15, 0.2) is 28.5 Å². The third-order valence-electron chi connectivity index (χ3n) is 7.33. The number of rotatable bonds is 13. The molecule has 1 N–H and O–H groups in total. The second-order valence-electron chi connectivity index (χ2n) is 10.0. The number of nitrogens with zero attached hydrogens (tertiary/aromatic N) is 3. The maximum absolute atomic E-state index is 14.2. The standard InChI is InChI=1S/C26H37FN4O3/c1-2-19(21-10-12-23(27)24(14-21)34-17-18-8-9-18)16-31-22(15-28-30-31)7-5-3-4-6-20-11-13-25(32)29-26(20)33/h10,12,14,18-20,22H,2-9,11,13,15-17H2,1H3,(H,29,32,33)/t19-,20?,22?/m0/s1. The Labute approximate surface area is 201 Å². The van der Waals surface area contributed by atoms with Crippen molar-refractivity contribution in [1.82, 2.24) is 10.3 Å². The summed E-state index contributed by atoms with van der Waals surface area (Å²) in [7, 11) is 0. The number of amides is 2. The SMILES string of the molecule is CC[C@@H](CN1N=NCC1CCCCCC1CCC(=O)NC1=O)c1ccc(F)c(OCC2CC2)c1. The van der Waals surface area contributed by atoms with Gasteiger partial charge in [0, 0.05) is 24.8 Å². The monoisotopic (exact) mass is 472 g/mol. The van der Waals surface area contributed by atoms with Crippen molar-refractivity contribution < 1.29 is 18.7 Å². The van der Waals surface area contributed by atoms with Gasteiger partial charge in [-0.2, -0.15) is 5.11 Å². The molecule has 4 rings (SSSR count). The fraction of sp³-hybridized carbons (Fsp3) is 0.692. The van der Waals surface area contributed by atoms with Gasteiger partial charge in [0.05, 0.1) is 19.2 Å². The molecule has 2 unspecified atom stereocenters. The van der Waals surface area contributed by atoms with Gasteiger partial charge in [-0.1, -0.05) is 37.5 Å². The number of hydrogen-bond acceptors (Lipinski definition) is 6. The molecule has 8 heteroatoms. The van der Waals surface area contributed by atoms with E-state index in [1.54, 1.807) is 0 Å². The minimum absolute atomic E-state index is 0.0233. The Kier molecular flexibility index (Phi) is 8.51. The molecule has 2 aliphatic heterocycles. The molecule has 0 bridgehead atoms. The van der Waals surface area contributed by atoms with Gasteiger partial charge in [0.15, 0.2) is 11.6 Å². The van der Waals surface area contributed by atoms with Crippen LogP contribution < -0.4 is 10.1 Å². The summed E-state index contributed by atoms with van der Waals surface area (Å²) in [5.41, 5.74) is 1.08. The smallest absolute Gasteiger partial charge is 0.229 e. The molecule has 1 saturated carbocycles. The first-order chi connectivity index (χ1) is 16.5. The molecule has 1 aromatic rings. The number of piperidine rings is 1. The lowest BCUT2D eigenvalue weighted by molar-refractivity contribution is -0.136. The van der Waals surface area contributed by atoms with Crippen molar-refractivity contribution in [3.8, 4) is 5.75 Å². The molecule has 7 nitrogen and oxygen atoms in total. The molecule has 1 aliphatic carbocycles. The first-order valence-electron chi connectivity index (χ1n) is 12.9. The third kappa shape index (κ3) is 6.76. The first-order valence-corrected chi connectivity index (χ1v) is 12.9. The van der Waals surface area contributed by atoms with Crippen molar-refractivity contribution in [2.24, 2.45) is 22.2 Å². The van der Waals surface area contributed by atoms with Crippen LogP contribution in [0.25, 0.3) is 0 Å². The molecular formula is C26H37FN4O3. The zero-order valence-electron chi connectivity index (χ0n) is 20.2. The van der Waals surface area contributed by atoms with E-state index in [1.807, 2.05) is 12.1 Å². The van der Waals surface area contributed by atoms with Crippen LogP contribution in [-0.2, 0) is 9.59 Å². The second kappa shape index (κ2) is 11.8. The highest BCUT2D eigenvalue weighted by Gasteiger charge is 2.28. The second-order valence-corrected chi connectivity index (χ2v) is 10.0. The Bertz CT molecular complexity index is 889. The largest absolute Gasteiger partial charge is 0.490 e. The molecule has 1 aromatic carbocycles. The summed E-state index contributed by atoms with van der Waals surface area (Å²) >= 11 is 0. The van der Waals surface area contributed by atoms with E-state index in [4.69, 9.17) is 4.74 Å². The summed E-state index contributed by atoms with van der Waals surface area (Å²) < 4.78 is 20.0. The molecule has 1 saturated heterocycles. The first kappa shape index (κ1) is 24.6. The Morgan fingerprint density at radius 1 is 1.18 bits per heavy atom. The number of ether oxygens (including phenoxy) is 1. The molecular weight excluding hydrogens is 435 g/mol. The van der Waals surface area contributed by atoms with Gasteiger partial charge in [0.25, 0.3) is 0 Å².